The fourth-order valence-corrected chi connectivity index (χ4v) is 2.25. The Bertz CT molecular complexity index is 548. The molecule has 88 valence electrons. The Hall–Kier alpha value is -1.49. The predicted octanol–water partition coefficient (Wildman–Crippen LogP) is 3.23. The quantitative estimate of drug-likeness (QED) is 0.907. The highest BCUT2D eigenvalue weighted by atomic mass is 32.1. The minimum absolute atomic E-state index is 0.194. The molecule has 0 amide bonds. The van der Waals surface area contributed by atoms with Crippen molar-refractivity contribution in [1.82, 2.24) is 9.36 Å². The first-order chi connectivity index (χ1) is 8.22. The van der Waals surface area contributed by atoms with Crippen LogP contribution in [0.4, 0.5) is 9.52 Å². The van der Waals surface area contributed by atoms with Gasteiger partial charge in [-0.3, -0.25) is 0 Å². The van der Waals surface area contributed by atoms with Crippen molar-refractivity contribution in [3.05, 3.63) is 29.6 Å². The second kappa shape index (κ2) is 4.07. The summed E-state index contributed by atoms with van der Waals surface area (Å²) in [4.78, 5) is 4.41. The van der Waals surface area contributed by atoms with E-state index in [4.69, 9.17) is 0 Å². The van der Waals surface area contributed by atoms with E-state index in [1.807, 2.05) is 0 Å². The van der Waals surface area contributed by atoms with Gasteiger partial charge >= 0.3 is 0 Å². The lowest BCUT2D eigenvalue weighted by molar-refractivity contribution is 0.618. The van der Waals surface area contributed by atoms with Crippen molar-refractivity contribution >= 4 is 16.7 Å². The lowest BCUT2D eigenvalue weighted by Gasteiger charge is -1.99. The summed E-state index contributed by atoms with van der Waals surface area (Å²) in [5.74, 6) is 0.474. The molecule has 1 aliphatic carbocycles. The topological polar surface area (TPSA) is 37.8 Å². The normalized spacial score (nSPS) is 14.9. The average molecular weight is 249 g/mol. The fourth-order valence-electron chi connectivity index (χ4n) is 1.59. The van der Waals surface area contributed by atoms with Crippen LogP contribution < -0.4 is 5.32 Å². The van der Waals surface area contributed by atoms with Gasteiger partial charge < -0.3 is 5.32 Å². The number of hydrogen-bond acceptors (Lipinski definition) is 4. The molecule has 0 aliphatic heterocycles. The molecular weight excluding hydrogens is 237 g/mol. The number of anilines is 1. The van der Waals surface area contributed by atoms with E-state index in [0.29, 0.717) is 17.4 Å². The van der Waals surface area contributed by atoms with E-state index < -0.39 is 0 Å². The lowest BCUT2D eigenvalue weighted by Crippen LogP contribution is -1.99. The minimum Gasteiger partial charge on any atom is -0.358 e. The molecule has 1 N–H and O–H groups in total. The largest absolute Gasteiger partial charge is 0.358 e. The summed E-state index contributed by atoms with van der Waals surface area (Å²) >= 11 is 1.36. The zero-order valence-electron chi connectivity index (χ0n) is 9.40. The molecule has 0 spiro atoms. The van der Waals surface area contributed by atoms with Gasteiger partial charge in [0.2, 0.25) is 5.13 Å². The van der Waals surface area contributed by atoms with Crippen LogP contribution in [0.2, 0.25) is 0 Å². The third kappa shape index (κ3) is 2.29. The number of rotatable bonds is 3. The zero-order valence-corrected chi connectivity index (χ0v) is 10.2. The molecule has 1 aromatic heterocycles. The van der Waals surface area contributed by atoms with Crippen molar-refractivity contribution in [2.24, 2.45) is 0 Å². The second-order valence-electron chi connectivity index (χ2n) is 4.31. The van der Waals surface area contributed by atoms with Crippen LogP contribution in [0.3, 0.4) is 0 Å². The van der Waals surface area contributed by atoms with Crippen molar-refractivity contribution < 1.29 is 4.39 Å². The predicted molar refractivity (Wildman–Crippen MR) is 66.7 cm³/mol. The summed E-state index contributed by atoms with van der Waals surface area (Å²) in [6.45, 7) is 1.74. The summed E-state index contributed by atoms with van der Waals surface area (Å²) in [7, 11) is 0. The van der Waals surface area contributed by atoms with Gasteiger partial charge in [-0.2, -0.15) is 9.36 Å². The number of aryl methyl sites for hydroxylation is 1. The van der Waals surface area contributed by atoms with Crippen LogP contribution in [0.1, 0.15) is 18.4 Å². The van der Waals surface area contributed by atoms with Crippen molar-refractivity contribution in [2.45, 2.75) is 25.8 Å². The van der Waals surface area contributed by atoms with E-state index in [9.17, 15) is 4.39 Å². The van der Waals surface area contributed by atoms with E-state index in [-0.39, 0.29) is 5.82 Å². The summed E-state index contributed by atoms with van der Waals surface area (Å²) in [6.07, 6.45) is 2.43. The summed E-state index contributed by atoms with van der Waals surface area (Å²) in [5.41, 5.74) is 1.48. The maximum absolute atomic E-state index is 13.1. The molecule has 3 rings (SSSR count). The number of benzene rings is 1. The minimum atomic E-state index is -0.194. The van der Waals surface area contributed by atoms with Crippen LogP contribution in [0.15, 0.2) is 18.2 Å². The van der Waals surface area contributed by atoms with Crippen LogP contribution in [-0.2, 0) is 0 Å². The Morgan fingerprint density at radius 1 is 1.41 bits per heavy atom. The molecule has 3 nitrogen and oxygen atoms in total. The summed E-state index contributed by atoms with van der Waals surface area (Å²) in [5, 5.41) is 4.15. The first-order valence-electron chi connectivity index (χ1n) is 5.59. The summed E-state index contributed by atoms with van der Waals surface area (Å²) < 4.78 is 17.4. The van der Waals surface area contributed by atoms with E-state index >= 15 is 0 Å². The van der Waals surface area contributed by atoms with Crippen LogP contribution in [0.5, 0.6) is 0 Å². The highest BCUT2D eigenvalue weighted by Gasteiger charge is 2.22. The Morgan fingerprint density at radius 3 is 2.94 bits per heavy atom. The number of aromatic nitrogens is 2. The number of halogens is 1. The monoisotopic (exact) mass is 249 g/mol. The molecule has 0 atom stereocenters. The smallest absolute Gasteiger partial charge is 0.203 e. The lowest BCUT2D eigenvalue weighted by atomic mass is 10.1. The van der Waals surface area contributed by atoms with Gasteiger partial charge in [0.1, 0.15) is 5.82 Å². The molecule has 2 aromatic rings. The third-order valence-corrected chi connectivity index (χ3v) is 3.39. The highest BCUT2D eigenvalue weighted by Crippen LogP contribution is 2.28. The van der Waals surface area contributed by atoms with Crippen molar-refractivity contribution in [2.75, 3.05) is 5.32 Å². The van der Waals surface area contributed by atoms with Gasteiger partial charge in [0, 0.05) is 23.1 Å². The van der Waals surface area contributed by atoms with Gasteiger partial charge in [0.25, 0.3) is 0 Å². The Kier molecular flexibility index (Phi) is 2.55. The zero-order chi connectivity index (χ0) is 11.8. The molecule has 1 aliphatic rings. The SMILES string of the molecule is Cc1cc(-c2nsc(NC3CC3)n2)ccc1F. The van der Waals surface area contributed by atoms with Gasteiger partial charge in [-0.15, -0.1) is 0 Å². The Labute approximate surface area is 103 Å². The maximum Gasteiger partial charge on any atom is 0.203 e. The number of nitrogens with zero attached hydrogens (tertiary/aromatic N) is 2. The van der Waals surface area contributed by atoms with Crippen LogP contribution in [0.25, 0.3) is 11.4 Å². The van der Waals surface area contributed by atoms with Gasteiger partial charge in [0.05, 0.1) is 0 Å². The standard InChI is InChI=1S/C12H12FN3S/c1-7-6-8(2-5-10(7)13)11-15-12(17-16-11)14-9-3-4-9/h2,5-6,9H,3-4H2,1H3,(H,14,15,16). The highest BCUT2D eigenvalue weighted by molar-refractivity contribution is 7.09. The average Bonchev–Trinajstić information content (AvgIpc) is 2.99. The third-order valence-electron chi connectivity index (χ3n) is 2.75. The van der Waals surface area contributed by atoms with E-state index in [2.05, 4.69) is 14.7 Å². The van der Waals surface area contributed by atoms with Crippen LogP contribution in [-0.4, -0.2) is 15.4 Å². The van der Waals surface area contributed by atoms with Gasteiger partial charge in [-0.1, -0.05) is 0 Å². The molecule has 0 bridgehead atoms. The maximum atomic E-state index is 13.1. The molecule has 1 fully saturated rings. The van der Waals surface area contributed by atoms with Crippen molar-refractivity contribution in [3.8, 4) is 11.4 Å². The molecule has 1 aromatic carbocycles. The van der Waals surface area contributed by atoms with Gasteiger partial charge in [-0.25, -0.2) is 4.39 Å². The molecule has 1 heterocycles. The summed E-state index contributed by atoms with van der Waals surface area (Å²) in [6, 6.07) is 5.52. The van der Waals surface area contributed by atoms with E-state index in [1.54, 1.807) is 19.1 Å². The molecule has 0 saturated heterocycles. The molecule has 0 radical (unpaired) electrons. The van der Waals surface area contributed by atoms with E-state index in [1.165, 1.54) is 30.4 Å². The number of nitrogens with one attached hydrogen (secondary N) is 1. The molecule has 5 heteroatoms. The van der Waals surface area contributed by atoms with Crippen LogP contribution in [0, 0.1) is 12.7 Å². The van der Waals surface area contributed by atoms with Gasteiger partial charge in [-0.05, 0) is 43.5 Å². The first-order valence-corrected chi connectivity index (χ1v) is 6.36. The van der Waals surface area contributed by atoms with Crippen molar-refractivity contribution in [3.63, 3.8) is 0 Å². The molecule has 0 unspecified atom stereocenters. The first kappa shape index (κ1) is 10.7. The molecule has 1 saturated carbocycles. The molecule has 17 heavy (non-hydrogen) atoms. The number of hydrogen-bond donors (Lipinski definition) is 1. The Morgan fingerprint density at radius 2 is 2.24 bits per heavy atom. The van der Waals surface area contributed by atoms with Gasteiger partial charge in [0.15, 0.2) is 5.82 Å². The fraction of sp³-hybridized carbons (Fsp3) is 0.333. The Balaban J connectivity index is 1.86. The second-order valence-corrected chi connectivity index (χ2v) is 5.06. The van der Waals surface area contributed by atoms with E-state index in [0.717, 1.165) is 10.7 Å². The molecular formula is C12H12FN3S. The van der Waals surface area contributed by atoms with Crippen molar-refractivity contribution in [1.29, 1.82) is 0 Å². The van der Waals surface area contributed by atoms with Crippen LogP contribution >= 0.6 is 11.5 Å².